The van der Waals surface area contributed by atoms with Gasteiger partial charge in [0, 0.05) is 0 Å². The van der Waals surface area contributed by atoms with E-state index in [1.54, 1.807) is 0 Å². The molecule has 1 rings (SSSR count). The zero-order chi connectivity index (χ0) is 10.1. The second-order valence-corrected chi connectivity index (χ2v) is 4.04. The van der Waals surface area contributed by atoms with Crippen molar-refractivity contribution >= 4 is 5.97 Å². The van der Waals surface area contributed by atoms with E-state index in [1.165, 1.54) is 7.11 Å². The van der Waals surface area contributed by atoms with Gasteiger partial charge in [0.15, 0.2) is 0 Å². The fourth-order valence-corrected chi connectivity index (χ4v) is 2.02. The van der Waals surface area contributed by atoms with Gasteiger partial charge in [-0.05, 0) is 24.2 Å². The van der Waals surface area contributed by atoms with Gasteiger partial charge in [-0.25, -0.2) is 0 Å². The Morgan fingerprint density at radius 1 is 1.62 bits per heavy atom. The number of methoxy groups -OCH3 is 1. The molecule has 0 heterocycles. The molecule has 13 heavy (non-hydrogen) atoms. The number of hydrogen-bond acceptors (Lipinski definition) is 3. The van der Waals surface area contributed by atoms with Crippen LogP contribution in [0.4, 0.5) is 0 Å². The van der Waals surface area contributed by atoms with Gasteiger partial charge >= 0.3 is 5.97 Å². The van der Waals surface area contributed by atoms with Crippen molar-refractivity contribution in [1.82, 2.24) is 0 Å². The Labute approximate surface area is 79.6 Å². The Bertz CT molecular complexity index is 199. The third-order valence-corrected chi connectivity index (χ3v) is 3.50. The van der Waals surface area contributed by atoms with Crippen molar-refractivity contribution in [2.45, 2.75) is 39.2 Å². The van der Waals surface area contributed by atoms with Crippen molar-refractivity contribution in [2.24, 2.45) is 17.1 Å². The van der Waals surface area contributed by atoms with Crippen molar-refractivity contribution in [3.05, 3.63) is 0 Å². The topological polar surface area (TPSA) is 52.3 Å². The van der Waals surface area contributed by atoms with E-state index in [9.17, 15) is 4.79 Å². The van der Waals surface area contributed by atoms with Crippen LogP contribution in [0.2, 0.25) is 0 Å². The highest BCUT2D eigenvalue weighted by Gasteiger charge is 2.54. The van der Waals surface area contributed by atoms with Crippen LogP contribution in [0.15, 0.2) is 0 Å². The molecule has 2 atom stereocenters. The summed E-state index contributed by atoms with van der Waals surface area (Å²) in [6, 6.07) is -0.424. The average molecular weight is 185 g/mol. The van der Waals surface area contributed by atoms with Gasteiger partial charge in [-0.15, -0.1) is 0 Å². The first-order chi connectivity index (χ1) is 6.08. The van der Waals surface area contributed by atoms with Crippen molar-refractivity contribution in [3.8, 4) is 0 Å². The fourth-order valence-electron chi connectivity index (χ4n) is 2.02. The maximum atomic E-state index is 11.3. The highest BCUT2D eigenvalue weighted by atomic mass is 16.5. The number of rotatable bonds is 4. The lowest BCUT2D eigenvalue weighted by Gasteiger charge is -2.26. The van der Waals surface area contributed by atoms with E-state index in [4.69, 9.17) is 5.73 Å². The van der Waals surface area contributed by atoms with Crippen molar-refractivity contribution < 1.29 is 9.53 Å². The van der Waals surface area contributed by atoms with Crippen LogP contribution in [0.5, 0.6) is 0 Å². The summed E-state index contributed by atoms with van der Waals surface area (Å²) in [5.74, 6) is 0.249. The molecule has 1 aliphatic carbocycles. The number of carbonyl (C=O) groups is 1. The molecule has 0 spiro atoms. The number of ether oxygens (including phenoxy) is 1. The highest BCUT2D eigenvalue weighted by molar-refractivity contribution is 5.77. The number of carbonyl (C=O) groups excluding carboxylic acids is 1. The number of nitrogens with two attached hydrogens (primary N) is 1. The molecule has 1 saturated carbocycles. The Hall–Kier alpha value is -0.570. The monoisotopic (exact) mass is 185 g/mol. The molecule has 0 aromatic rings. The van der Waals surface area contributed by atoms with Crippen molar-refractivity contribution in [3.63, 3.8) is 0 Å². The van der Waals surface area contributed by atoms with E-state index in [1.807, 2.05) is 0 Å². The van der Waals surface area contributed by atoms with Crippen LogP contribution in [0.1, 0.15) is 33.1 Å². The quantitative estimate of drug-likeness (QED) is 0.672. The summed E-state index contributed by atoms with van der Waals surface area (Å²) < 4.78 is 4.67. The molecule has 2 unspecified atom stereocenters. The maximum absolute atomic E-state index is 11.3. The number of esters is 1. The molecular formula is C10H19NO2. The Morgan fingerprint density at radius 3 is 2.46 bits per heavy atom. The van der Waals surface area contributed by atoms with Gasteiger partial charge in [-0.3, -0.25) is 4.79 Å². The molecule has 0 amide bonds. The van der Waals surface area contributed by atoms with E-state index < -0.39 is 6.04 Å². The van der Waals surface area contributed by atoms with E-state index in [-0.39, 0.29) is 11.4 Å². The number of hydrogen-bond donors (Lipinski definition) is 1. The summed E-state index contributed by atoms with van der Waals surface area (Å²) in [4.78, 5) is 11.3. The van der Waals surface area contributed by atoms with Gasteiger partial charge in [0.25, 0.3) is 0 Å². The molecule has 76 valence electrons. The molecule has 0 aromatic heterocycles. The van der Waals surface area contributed by atoms with Gasteiger partial charge in [0.1, 0.15) is 6.04 Å². The second-order valence-electron chi connectivity index (χ2n) is 4.04. The summed E-state index contributed by atoms with van der Waals surface area (Å²) in [7, 11) is 1.40. The first kappa shape index (κ1) is 10.5. The summed E-state index contributed by atoms with van der Waals surface area (Å²) in [6.45, 7) is 4.30. The van der Waals surface area contributed by atoms with E-state index in [0.29, 0.717) is 5.92 Å². The first-order valence-corrected chi connectivity index (χ1v) is 4.92. The average Bonchev–Trinajstić information content (AvgIpc) is 2.95. The molecular weight excluding hydrogens is 166 g/mol. The van der Waals surface area contributed by atoms with Crippen LogP contribution in [0, 0.1) is 11.3 Å². The van der Waals surface area contributed by atoms with Gasteiger partial charge in [0.05, 0.1) is 7.11 Å². The van der Waals surface area contributed by atoms with Crippen molar-refractivity contribution in [1.29, 1.82) is 0 Å². The second kappa shape index (κ2) is 3.66. The minimum Gasteiger partial charge on any atom is -0.468 e. The van der Waals surface area contributed by atoms with Crippen LogP contribution >= 0.6 is 0 Å². The maximum Gasteiger partial charge on any atom is 0.323 e. The molecule has 0 saturated heterocycles. The molecule has 1 aliphatic rings. The molecule has 2 N–H and O–H groups in total. The van der Waals surface area contributed by atoms with Gasteiger partial charge in [-0.1, -0.05) is 20.3 Å². The van der Waals surface area contributed by atoms with Crippen LogP contribution in [-0.4, -0.2) is 19.1 Å². The lowest BCUT2D eigenvalue weighted by atomic mass is 9.82. The molecule has 0 aromatic carbocycles. The summed E-state index contributed by atoms with van der Waals surface area (Å²) in [6.07, 6.45) is 3.21. The van der Waals surface area contributed by atoms with Crippen LogP contribution in [0.25, 0.3) is 0 Å². The third-order valence-electron chi connectivity index (χ3n) is 3.50. The fraction of sp³-hybridized carbons (Fsp3) is 0.900. The summed E-state index contributed by atoms with van der Waals surface area (Å²) >= 11 is 0. The summed E-state index contributed by atoms with van der Waals surface area (Å²) in [5.41, 5.74) is 5.91. The molecule has 3 nitrogen and oxygen atoms in total. The Morgan fingerprint density at radius 2 is 2.15 bits per heavy atom. The van der Waals surface area contributed by atoms with Crippen molar-refractivity contribution in [2.75, 3.05) is 7.11 Å². The van der Waals surface area contributed by atoms with E-state index >= 15 is 0 Å². The zero-order valence-corrected chi connectivity index (χ0v) is 8.67. The Balaban J connectivity index is 2.64. The minimum atomic E-state index is -0.424. The van der Waals surface area contributed by atoms with Crippen LogP contribution in [0.3, 0.4) is 0 Å². The largest absolute Gasteiger partial charge is 0.468 e. The standard InChI is InChI=1S/C10H19NO2/c1-4-7(2)10(5-6-10)8(11)9(12)13-3/h7-8H,4-6,11H2,1-3H3. The van der Waals surface area contributed by atoms with E-state index in [0.717, 1.165) is 19.3 Å². The molecule has 1 fully saturated rings. The first-order valence-electron chi connectivity index (χ1n) is 4.92. The van der Waals surface area contributed by atoms with E-state index in [2.05, 4.69) is 18.6 Å². The highest BCUT2D eigenvalue weighted by Crippen LogP contribution is 2.55. The van der Waals surface area contributed by atoms with Gasteiger partial charge in [0.2, 0.25) is 0 Å². The lowest BCUT2D eigenvalue weighted by molar-refractivity contribution is -0.144. The molecule has 0 radical (unpaired) electrons. The Kier molecular flexibility index (Phi) is 2.96. The lowest BCUT2D eigenvalue weighted by Crippen LogP contribution is -2.43. The van der Waals surface area contributed by atoms with Crippen LogP contribution in [-0.2, 0) is 9.53 Å². The minimum absolute atomic E-state index is 0.0435. The van der Waals surface area contributed by atoms with Crippen LogP contribution < -0.4 is 5.73 Å². The normalized spacial score (nSPS) is 23.4. The zero-order valence-electron chi connectivity index (χ0n) is 8.67. The SMILES string of the molecule is CCC(C)C1(C(N)C(=O)OC)CC1. The van der Waals surface area contributed by atoms with Gasteiger partial charge in [-0.2, -0.15) is 0 Å². The third kappa shape index (κ3) is 1.70. The predicted octanol–water partition coefficient (Wildman–Crippen LogP) is 1.31. The smallest absolute Gasteiger partial charge is 0.323 e. The summed E-state index contributed by atoms with van der Waals surface area (Å²) in [5, 5.41) is 0. The predicted molar refractivity (Wildman–Crippen MR) is 51.1 cm³/mol. The van der Waals surface area contributed by atoms with Gasteiger partial charge < -0.3 is 10.5 Å². The molecule has 0 aliphatic heterocycles. The molecule has 0 bridgehead atoms. The molecule has 3 heteroatoms.